The van der Waals surface area contributed by atoms with Gasteiger partial charge in [0.25, 0.3) is 0 Å². The zero-order valence-corrected chi connectivity index (χ0v) is 16.2. The van der Waals surface area contributed by atoms with Gasteiger partial charge in [0.1, 0.15) is 0 Å². The van der Waals surface area contributed by atoms with E-state index in [2.05, 4.69) is 75.3 Å². The Balaban J connectivity index is 2.55. The zero-order chi connectivity index (χ0) is 15.6. The number of halogens is 3. The Morgan fingerprint density at radius 1 is 1.05 bits per heavy atom. The fourth-order valence-corrected chi connectivity index (χ4v) is 3.94. The van der Waals surface area contributed by atoms with Crippen molar-refractivity contribution in [3.05, 3.63) is 66.6 Å². The maximum absolute atomic E-state index is 6.23. The van der Waals surface area contributed by atoms with Crippen LogP contribution in [0.25, 0.3) is 0 Å². The van der Waals surface area contributed by atoms with Gasteiger partial charge in [0.15, 0.2) is 0 Å². The molecule has 0 radical (unpaired) electrons. The van der Waals surface area contributed by atoms with Gasteiger partial charge < -0.3 is 5.32 Å². The number of aryl methyl sites for hydroxylation is 2. The monoisotopic (exact) mass is 429 g/mol. The van der Waals surface area contributed by atoms with Crippen LogP contribution in [0.2, 0.25) is 5.02 Å². The first kappa shape index (κ1) is 17.0. The van der Waals surface area contributed by atoms with Gasteiger partial charge in [-0.2, -0.15) is 0 Å². The smallest absolute Gasteiger partial charge is 0.0590 e. The van der Waals surface area contributed by atoms with Gasteiger partial charge in [-0.1, -0.05) is 62.5 Å². The molecule has 0 saturated heterocycles. The Bertz CT molecular complexity index is 655. The zero-order valence-electron chi connectivity index (χ0n) is 12.3. The topological polar surface area (TPSA) is 12.0 Å². The van der Waals surface area contributed by atoms with Crippen LogP contribution in [0.4, 0.5) is 0 Å². The molecule has 21 heavy (non-hydrogen) atoms. The maximum Gasteiger partial charge on any atom is 0.0590 e. The number of hydrogen-bond acceptors (Lipinski definition) is 1. The molecule has 0 saturated carbocycles. The highest BCUT2D eigenvalue weighted by atomic mass is 79.9. The van der Waals surface area contributed by atoms with Gasteiger partial charge in [-0.15, -0.1) is 0 Å². The molecular formula is C17H18Br2ClN. The Kier molecular flexibility index (Phi) is 5.89. The minimum atomic E-state index is 0.147. The van der Waals surface area contributed by atoms with Crippen molar-refractivity contribution in [1.29, 1.82) is 0 Å². The molecule has 0 aliphatic heterocycles. The van der Waals surface area contributed by atoms with Crippen LogP contribution in [-0.2, 0) is 0 Å². The molecule has 0 aliphatic rings. The lowest BCUT2D eigenvalue weighted by Gasteiger charge is -2.23. The van der Waals surface area contributed by atoms with Gasteiger partial charge >= 0.3 is 0 Å². The van der Waals surface area contributed by atoms with Crippen LogP contribution in [0.5, 0.6) is 0 Å². The SMILES string of the molecule is CCNC(c1cc(C)c(Cl)cc1C)c1ccc(Br)cc1Br. The van der Waals surface area contributed by atoms with Crippen LogP contribution >= 0.6 is 43.5 Å². The predicted molar refractivity (Wildman–Crippen MR) is 98.3 cm³/mol. The van der Waals surface area contributed by atoms with E-state index in [9.17, 15) is 0 Å². The van der Waals surface area contributed by atoms with Crippen molar-refractivity contribution in [2.45, 2.75) is 26.8 Å². The molecule has 0 amide bonds. The van der Waals surface area contributed by atoms with Crippen LogP contribution in [-0.4, -0.2) is 6.54 Å². The molecule has 2 rings (SSSR count). The van der Waals surface area contributed by atoms with E-state index in [0.717, 1.165) is 26.1 Å². The van der Waals surface area contributed by atoms with Crippen molar-refractivity contribution in [2.24, 2.45) is 0 Å². The largest absolute Gasteiger partial charge is 0.306 e. The molecular weight excluding hydrogens is 413 g/mol. The van der Waals surface area contributed by atoms with Crippen LogP contribution in [0.3, 0.4) is 0 Å². The third kappa shape index (κ3) is 3.89. The van der Waals surface area contributed by atoms with Gasteiger partial charge in [-0.05, 0) is 60.8 Å². The second-order valence-electron chi connectivity index (χ2n) is 5.11. The minimum absolute atomic E-state index is 0.147. The number of rotatable bonds is 4. The summed E-state index contributed by atoms with van der Waals surface area (Å²) in [5, 5.41) is 4.40. The van der Waals surface area contributed by atoms with Crippen LogP contribution < -0.4 is 5.32 Å². The van der Waals surface area contributed by atoms with Crippen molar-refractivity contribution in [1.82, 2.24) is 5.32 Å². The van der Waals surface area contributed by atoms with Crippen LogP contribution in [0, 0.1) is 13.8 Å². The van der Waals surface area contributed by atoms with Crippen molar-refractivity contribution >= 4 is 43.5 Å². The average molecular weight is 432 g/mol. The molecule has 1 unspecified atom stereocenters. The first-order valence-corrected chi connectivity index (χ1v) is 8.85. The van der Waals surface area contributed by atoms with E-state index in [1.807, 2.05) is 13.0 Å². The third-order valence-corrected chi connectivity index (χ3v) is 5.13. The van der Waals surface area contributed by atoms with Gasteiger partial charge in [-0.25, -0.2) is 0 Å². The summed E-state index contributed by atoms with van der Waals surface area (Å²) in [6.45, 7) is 7.18. The van der Waals surface area contributed by atoms with Crippen LogP contribution in [0.1, 0.15) is 35.2 Å². The van der Waals surface area contributed by atoms with Gasteiger partial charge in [0.05, 0.1) is 6.04 Å². The fraction of sp³-hybridized carbons (Fsp3) is 0.294. The highest BCUT2D eigenvalue weighted by molar-refractivity contribution is 9.11. The Labute approximate surface area is 148 Å². The number of nitrogens with one attached hydrogen (secondary N) is 1. The molecule has 1 atom stereocenters. The summed E-state index contributed by atoms with van der Waals surface area (Å²) in [6, 6.07) is 10.7. The maximum atomic E-state index is 6.23. The van der Waals surface area contributed by atoms with E-state index in [1.165, 1.54) is 16.7 Å². The summed E-state index contributed by atoms with van der Waals surface area (Å²) < 4.78 is 2.16. The highest BCUT2D eigenvalue weighted by Crippen LogP contribution is 2.34. The van der Waals surface area contributed by atoms with Crippen molar-refractivity contribution in [3.63, 3.8) is 0 Å². The van der Waals surface area contributed by atoms with E-state index >= 15 is 0 Å². The Morgan fingerprint density at radius 3 is 2.38 bits per heavy atom. The average Bonchev–Trinajstić information content (AvgIpc) is 2.41. The lowest BCUT2D eigenvalue weighted by molar-refractivity contribution is 0.625. The molecule has 0 spiro atoms. The van der Waals surface area contributed by atoms with E-state index in [0.29, 0.717) is 0 Å². The molecule has 0 aromatic heterocycles. The van der Waals surface area contributed by atoms with Crippen molar-refractivity contribution < 1.29 is 0 Å². The van der Waals surface area contributed by atoms with Gasteiger partial charge in [0, 0.05) is 14.0 Å². The molecule has 4 heteroatoms. The number of hydrogen-bond donors (Lipinski definition) is 1. The minimum Gasteiger partial charge on any atom is -0.306 e. The summed E-state index contributed by atoms with van der Waals surface area (Å²) >= 11 is 13.4. The Hall–Kier alpha value is -0.350. The van der Waals surface area contributed by atoms with Crippen molar-refractivity contribution in [2.75, 3.05) is 6.54 Å². The molecule has 0 heterocycles. The normalized spacial score (nSPS) is 12.5. The van der Waals surface area contributed by atoms with Gasteiger partial charge in [0.2, 0.25) is 0 Å². The molecule has 0 bridgehead atoms. The molecule has 0 aliphatic carbocycles. The molecule has 1 N–H and O–H groups in total. The van der Waals surface area contributed by atoms with Crippen LogP contribution in [0.15, 0.2) is 39.3 Å². The fourth-order valence-electron chi connectivity index (χ4n) is 2.44. The highest BCUT2D eigenvalue weighted by Gasteiger charge is 2.19. The van der Waals surface area contributed by atoms with E-state index in [-0.39, 0.29) is 6.04 Å². The first-order chi connectivity index (χ1) is 9.93. The summed E-state index contributed by atoms with van der Waals surface area (Å²) in [7, 11) is 0. The van der Waals surface area contributed by atoms with E-state index in [4.69, 9.17) is 11.6 Å². The lowest BCUT2D eigenvalue weighted by Crippen LogP contribution is -2.23. The second-order valence-corrected chi connectivity index (χ2v) is 7.29. The summed E-state index contributed by atoms with van der Waals surface area (Å²) in [5.41, 5.74) is 4.80. The molecule has 0 fully saturated rings. The molecule has 112 valence electrons. The molecule has 1 nitrogen and oxygen atoms in total. The molecule has 2 aromatic rings. The predicted octanol–water partition coefficient (Wildman–Crippen LogP) is 6.18. The first-order valence-electron chi connectivity index (χ1n) is 6.89. The third-order valence-electron chi connectivity index (χ3n) is 3.54. The number of benzene rings is 2. The summed E-state index contributed by atoms with van der Waals surface area (Å²) in [6.07, 6.45) is 0. The second kappa shape index (κ2) is 7.28. The van der Waals surface area contributed by atoms with Crippen molar-refractivity contribution in [3.8, 4) is 0 Å². The standard InChI is InChI=1S/C17H18Br2ClN/c1-4-21-17(13-6-5-12(18)9-15(13)19)14-7-11(3)16(20)8-10(14)2/h5-9,17,21H,4H2,1-3H3. The summed E-state index contributed by atoms with van der Waals surface area (Å²) in [4.78, 5) is 0. The summed E-state index contributed by atoms with van der Waals surface area (Å²) in [5.74, 6) is 0. The Morgan fingerprint density at radius 2 is 1.76 bits per heavy atom. The molecule has 2 aromatic carbocycles. The quantitative estimate of drug-likeness (QED) is 0.609. The lowest BCUT2D eigenvalue weighted by atomic mass is 9.93. The van der Waals surface area contributed by atoms with E-state index < -0.39 is 0 Å². The van der Waals surface area contributed by atoms with Gasteiger partial charge in [-0.3, -0.25) is 0 Å². The van der Waals surface area contributed by atoms with E-state index in [1.54, 1.807) is 0 Å².